The van der Waals surface area contributed by atoms with Crippen LogP contribution in [-0.2, 0) is 9.59 Å². The van der Waals surface area contributed by atoms with E-state index < -0.39 is 40.6 Å². The van der Waals surface area contributed by atoms with Crippen LogP contribution < -0.4 is 15.8 Å². The zero-order chi connectivity index (χ0) is 30.8. The minimum Gasteiger partial charge on any atom is -0.451 e. The number of aromatic nitrogens is 4. The molecule has 3 heterocycles. The van der Waals surface area contributed by atoms with E-state index in [-0.39, 0.29) is 52.8 Å². The number of halogens is 5. The molecule has 0 aliphatic carbocycles. The second-order valence-corrected chi connectivity index (χ2v) is 9.63. The van der Waals surface area contributed by atoms with E-state index in [2.05, 4.69) is 20.4 Å². The molecule has 1 aliphatic rings. The van der Waals surface area contributed by atoms with Gasteiger partial charge in [0.1, 0.15) is 29.4 Å². The lowest BCUT2D eigenvalue weighted by Gasteiger charge is -2.16. The highest BCUT2D eigenvalue weighted by Gasteiger charge is 2.31. The summed E-state index contributed by atoms with van der Waals surface area (Å²) in [6, 6.07) is 2.82. The van der Waals surface area contributed by atoms with Crippen LogP contribution in [0, 0.1) is 29.1 Å². The number of amides is 2. The molecule has 0 unspecified atom stereocenters. The van der Waals surface area contributed by atoms with Gasteiger partial charge in [-0.15, -0.1) is 0 Å². The number of likely N-dealkylation sites (tertiary alicyclic amines) is 1. The molecule has 10 nitrogen and oxygen atoms in total. The molecule has 224 valence electrons. The van der Waals surface area contributed by atoms with Crippen molar-refractivity contribution in [2.45, 2.75) is 25.3 Å². The number of nitrogens with one attached hydrogen (secondary N) is 1. The zero-order valence-electron chi connectivity index (χ0n) is 22.6. The van der Waals surface area contributed by atoms with Crippen molar-refractivity contribution in [3.8, 4) is 22.8 Å². The third-order valence-electron chi connectivity index (χ3n) is 6.91. The summed E-state index contributed by atoms with van der Waals surface area (Å²) < 4.78 is 77.2. The smallest absolute Gasteiger partial charge is 0.243 e. The predicted molar refractivity (Wildman–Crippen MR) is 144 cm³/mol. The molecule has 0 radical (unpaired) electrons. The van der Waals surface area contributed by atoms with Gasteiger partial charge in [-0.05, 0) is 31.1 Å². The summed E-state index contributed by atoms with van der Waals surface area (Å²) in [4.78, 5) is 34.0. The average Bonchev–Trinajstić information content (AvgIpc) is 3.62. The minimum atomic E-state index is -1.78. The highest BCUT2D eigenvalue weighted by atomic mass is 19.2. The number of hydrogen-bond donors (Lipinski definition) is 2. The van der Waals surface area contributed by atoms with E-state index in [0.29, 0.717) is 31.6 Å². The van der Waals surface area contributed by atoms with E-state index in [1.165, 1.54) is 25.5 Å². The quantitative estimate of drug-likeness (QED) is 0.174. The molecule has 1 atom stereocenters. The number of allylic oxidation sites excluding steroid dienone is 1. The maximum atomic E-state index is 15.4. The van der Waals surface area contributed by atoms with Crippen molar-refractivity contribution in [3.63, 3.8) is 0 Å². The summed E-state index contributed by atoms with van der Waals surface area (Å²) in [5, 5.41) is 7.26. The highest BCUT2D eigenvalue weighted by Crippen LogP contribution is 2.37. The number of carbonyl (C=O) groups is 2. The van der Waals surface area contributed by atoms with Crippen molar-refractivity contribution in [1.29, 1.82) is 0 Å². The number of nitrogens with two attached hydrogens (primary N) is 1. The first-order valence-corrected chi connectivity index (χ1v) is 13.0. The molecular weight excluding hydrogens is 577 g/mol. The van der Waals surface area contributed by atoms with Crippen LogP contribution in [0.1, 0.15) is 25.3 Å². The number of carbonyl (C=O) groups excluding carboxylic acids is 2. The van der Waals surface area contributed by atoms with Crippen molar-refractivity contribution >= 4 is 28.7 Å². The minimum absolute atomic E-state index is 0.0131. The first-order chi connectivity index (χ1) is 20.6. The van der Waals surface area contributed by atoms with Crippen molar-refractivity contribution in [3.05, 3.63) is 71.8 Å². The first kappa shape index (κ1) is 29.4. The Labute approximate surface area is 241 Å². The topological polar surface area (TPSA) is 128 Å². The molecule has 1 aliphatic heterocycles. The van der Waals surface area contributed by atoms with Gasteiger partial charge in [-0.2, -0.15) is 13.9 Å². The first-order valence-electron chi connectivity index (χ1n) is 13.0. The van der Waals surface area contributed by atoms with E-state index in [1.807, 2.05) is 0 Å². The molecular formula is C28H24F5N7O3. The van der Waals surface area contributed by atoms with E-state index in [1.54, 1.807) is 15.7 Å². The fourth-order valence-electron chi connectivity index (χ4n) is 4.76. The Kier molecular flexibility index (Phi) is 8.23. The van der Waals surface area contributed by atoms with Crippen LogP contribution in [0.3, 0.4) is 0 Å². The average molecular weight is 602 g/mol. The molecule has 2 aromatic heterocycles. The van der Waals surface area contributed by atoms with Gasteiger partial charge in [0.2, 0.25) is 29.2 Å². The number of nitrogen functional groups attached to an aromatic ring is 1. The van der Waals surface area contributed by atoms with Crippen molar-refractivity contribution < 1.29 is 36.3 Å². The third-order valence-corrected chi connectivity index (χ3v) is 6.91. The Hall–Kier alpha value is -5.08. The number of anilines is 1. The van der Waals surface area contributed by atoms with Crippen LogP contribution in [0.25, 0.3) is 22.3 Å². The molecule has 15 heteroatoms. The fourth-order valence-corrected chi connectivity index (χ4v) is 4.76. The normalized spacial score (nSPS) is 15.0. The SMILES string of the molecule is CNC(=O)/C=C/CCC(=O)N1CC[C@@H](n2nc(-c3ccc(Oc4c(F)c(F)cc(F)c4F)cc3F)c3c(N)ncnc32)C1. The second kappa shape index (κ2) is 12.0. The number of ether oxygens (including phenoxy) is 1. The molecule has 43 heavy (non-hydrogen) atoms. The standard InChI is InChI=1S/C28H24F5N7O3/c1-35-20(41)4-2-3-5-21(42)39-9-8-14(12-39)40-28-22(27(34)36-13-37-28)25(38-40)16-7-6-15(10-17(16)29)43-26-23(32)18(30)11-19(31)24(26)33/h2,4,6-7,10-11,13-14H,3,5,8-9,12H2,1H3,(H,35,41)(H2,34,36,37)/b4-2+/t14-/m1/s1. The summed E-state index contributed by atoms with van der Waals surface area (Å²) >= 11 is 0. The van der Waals surface area contributed by atoms with Gasteiger partial charge in [-0.25, -0.2) is 27.8 Å². The molecule has 5 rings (SSSR count). The number of likely N-dealkylation sites (N-methyl/N-ethyl adjacent to an activating group) is 1. The van der Waals surface area contributed by atoms with Crippen LogP contribution >= 0.6 is 0 Å². The van der Waals surface area contributed by atoms with Crippen molar-refractivity contribution in [2.24, 2.45) is 0 Å². The Balaban J connectivity index is 1.40. The van der Waals surface area contributed by atoms with Gasteiger partial charge in [-0.1, -0.05) is 6.08 Å². The molecule has 4 aromatic rings. The van der Waals surface area contributed by atoms with Crippen LogP contribution in [0.5, 0.6) is 11.5 Å². The zero-order valence-corrected chi connectivity index (χ0v) is 22.6. The van der Waals surface area contributed by atoms with Gasteiger partial charge >= 0.3 is 0 Å². The molecule has 2 aromatic carbocycles. The third kappa shape index (κ3) is 5.82. The summed E-state index contributed by atoms with van der Waals surface area (Å²) in [6.45, 7) is 0.739. The molecule has 2 amide bonds. The Bertz CT molecular complexity index is 1730. The van der Waals surface area contributed by atoms with Crippen LogP contribution in [0.2, 0.25) is 0 Å². The fraction of sp³-hybridized carbons (Fsp3) is 0.250. The number of fused-ring (bicyclic) bond motifs is 1. The van der Waals surface area contributed by atoms with Crippen LogP contribution in [0.4, 0.5) is 27.8 Å². The Morgan fingerprint density at radius 2 is 1.84 bits per heavy atom. The van der Waals surface area contributed by atoms with Crippen molar-refractivity contribution in [1.82, 2.24) is 30.0 Å². The molecule has 0 bridgehead atoms. The van der Waals surface area contributed by atoms with Gasteiger partial charge in [0.15, 0.2) is 17.3 Å². The molecule has 0 spiro atoms. The van der Waals surface area contributed by atoms with Crippen LogP contribution in [0.15, 0.2) is 42.7 Å². The molecule has 1 saturated heterocycles. The van der Waals surface area contributed by atoms with Gasteiger partial charge in [-0.3, -0.25) is 9.59 Å². The van der Waals surface area contributed by atoms with Gasteiger partial charge < -0.3 is 20.7 Å². The van der Waals surface area contributed by atoms with E-state index in [0.717, 1.165) is 12.1 Å². The van der Waals surface area contributed by atoms with Gasteiger partial charge in [0.25, 0.3) is 0 Å². The molecule has 0 saturated carbocycles. The van der Waals surface area contributed by atoms with Gasteiger partial charge in [0, 0.05) is 44.3 Å². The maximum Gasteiger partial charge on any atom is 0.243 e. The summed E-state index contributed by atoms with van der Waals surface area (Å²) in [5.74, 6) is -10.0. The summed E-state index contributed by atoms with van der Waals surface area (Å²) in [6.07, 6.45) is 5.32. The van der Waals surface area contributed by atoms with Crippen molar-refractivity contribution in [2.75, 3.05) is 25.9 Å². The monoisotopic (exact) mass is 601 g/mol. The number of hydrogen-bond acceptors (Lipinski definition) is 7. The van der Waals surface area contributed by atoms with E-state index in [9.17, 15) is 27.2 Å². The maximum absolute atomic E-state index is 15.4. The number of benzene rings is 2. The van der Waals surface area contributed by atoms with Gasteiger partial charge in [0.05, 0.1) is 11.4 Å². The number of nitrogens with zero attached hydrogens (tertiary/aromatic N) is 5. The molecule has 1 fully saturated rings. The Morgan fingerprint density at radius 3 is 2.53 bits per heavy atom. The lowest BCUT2D eigenvalue weighted by Crippen LogP contribution is -2.29. The lowest BCUT2D eigenvalue weighted by atomic mass is 10.1. The second-order valence-electron chi connectivity index (χ2n) is 9.63. The van der Waals surface area contributed by atoms with E-state index in [4.69, 9.17) is 10.5 Å². The highest BCUT2D eigenvalue weighted by molar-refractivity contribution is 5.98. The predicted octanol–water partition coefficient (Wildman–Crippen LogP) is 4.42. The number of rotatable bonds is 8. The lowest BCUT2D eigenvalue weighted by molar-refractivity contribution is -0.130. The van der Waals surface area contributed by atoms with Crippen LogP contribution in [-0.4, -0.2) is 56.6 Å². The molecule has 3 N–H and O–H groups in total. The largest absolute Gasteiger partial charge is 0.451 e. The van der Waals surface area contributed by atoms with E-state index >= 15 is 4.39 Å². The summed E-state index contributed by atoms with van der Waals surface area (Å²) in [7, 11) is 1.51. The Morgan fingerprint density at radius 1 is 1.09 bits per heavy atom. The summed E-state index contributed by atoms with van der Waals surface area (Å²) in [5.41, 5.74) is 6.40.